The van der Waals surface area contributed by atoms with Gasteiger partial charge in [0.1, 0.15) is 0 Å². The van der Waals surface area contributed by atoms with Gasteiger partial charge in [-0.25, -0.2) is 4.79 Å². The van der Waals surface area contributed by atoms with Gasteiger partial charge in [0.2, 0.25) is 11.5 Å². The summed E-state index contributed by atoms with van der Waals surface area (Å²) < 4.78 is 20.7. The monoisotopic (exact) mass is 216 g/mol. The summed E-state index contributed by atoms with van der Waals surface area (Å²) >= 11 is 0. The Bertz CT molecular complexity index is 284. The van der Waals surface area contributed by atoms with E-state index in [4.69, 9.17) is 18.9 Å². The summed E-state index contributed by atoms with van der Waals surface area (Å²) in [6, 6.07) is 0. The van der Waals surface area contributed by atoms with Crippen molar-refractivity contribution >= 4 is 5.97 Å². The first-order valence-electron chi connectivity index (χ1n) is 4.87. The second-order valence-electron chi connectivity index (χ2n) is 3.06. The number of hydrogen-bond acceptors (Lipinski definition) is 5. The minimum absolute atomic E-state index is 0.101. The van der Waals surface area contributed by atoms with Gasteiger partial charge in [-0.15, -0.1) is 0 Å². The number of ether oxygens (including phenoxy) is 4. The Hall–Kier alpha value is -1.23. The number of esters is 1. The third kappa shape index (κ3) is 2.07. The van der Waals surface area contributed by atoms with Gasteiger partial charge in [-0.05, 0) is 13.8 Å². The molecule has 0 bridgehead atoms. The molecule has 86 valence electrons. The molecule has 0 aromatic carbocycles. The fourth-order valence-electron chi connectivity index (χ4n) is 1.31. The van der Waals surface area contributed by atoms with Gasteiger partial charge in [0, 0.05) is 14.0 Å². The van der Waals surface area contributed by atoms with Crippen LogP contribution in [0.25, 0.3) is 0 Å². The maximum Gasteiger partial charge on any atom is 0.380 e. The number of carbonyl (C=O) groups is 1. The summed E-state index contributed by atoms with van der Waals surface area (Å²) in [5.41, 5.74) is 0. The molecule has 0 saturated heterocycles. The molecule has 0 saturated carbocycles. The van der Waals surface area contributed by atoms with Crippen molar-refractivity contribution in [3.63, 3.8) is 0 Å². The maximum absolute atomic E-state index is 11.5. The molecule has 1 aliphatic heterocycles. The van der Waals surface area contributed by atoms with Crippen molar-refractivity contribution in [2.45, 2.75) is 26.6 Å². The van der Waals surface area contributed by atoms with E-state index in [1.54, 1.807) is 13.8 Å². The number of rotatable bonds is 5. The predicted molar refractivity (Wildman–Crippen MR) is 51.8 cm³/mol. The quantitative estimate of drug-likeness (QED) is 0.646. The van der Waals surface area contributed by atoms with E-state index in [2.05, 4.69) is 0 Å². The summed E-state index contributed by atoms with van der Waals surface area (Å²) in [7, 11) is 1.45. The van der Waals surface area contributed by atoms with E-state index in [0.29, 0.717) is 19.0 Å². The zero-order valence-corrected chi connectivity index (χ0v) is 9.46. The van der Waals surface area contributed by atoms with E-state index in [9.17, 15) is 4.79 Å². The second-order valence-corrected chi connectivity index (χ2v) is 3.06. The predicted octanol–water partition coefficient (Wildman–Crippen LogP) is 1.19. The molecule has 1 unspecified atom stereocenters. The van der Waals surface area contributed by atoms with Crippen molar-refractivity contribution in [3.05, 3.63) is 11.5 Å². The highest BCUT2D eigenvalue weighted by molar-refractivity contribution is 5.90. The van der Waals surface area contributed by atoms with Crippen LogP contribution in [-0.4, -0.2) is 32.1 Å². The summed E-state index contributed by atoms with van der Waals surface area (Å²) in [6.07, 6.45) is 0. The average Bonchev–Trinajstić information content (AvgIpc) is 2.44. The third-order valence-corrected chi connectivity index (χ3v) is 2.06. The molecule has 5 nitrogen and oxygen atoms in total. The van der Waals surface area contributed by atoms with Gasteiger partial charge in [-0.3, -0.25) is 0 Å². The lowest BCUT2D eigenvalue weighted by Crippen LogP contribution is -2.31. The van der Waals surface area contributed by atoms with Crippen molar-refractivity contribution in [2.24, 2.45) is 0 Å². The number of hydrogen-bond donors (Lipinski definition) is 0. The summed E-state index contributed by atoms with van der Waals surface area (Å²) in [5, 5.41) is 0. The van der Waals surface area contributed by atoms with E-state index in [-0.39, 0.29) is 5.76 Å². The summed E-state index contributed by atoms with van der Waals surface area (Å²) in [5.74, 6) is -1.31. The molecule has 0 aromatic rings. The van der Waals surface area contributed by atoms with Crippen LogP contribution in [0.5, 0.6) is 0 Å². The van der Waals surface area contributed by atoms with E-state index >= 15 is 0 Å². The molecule has 0 amide bonds. The highest BCUT2D eigenvalue weighted by Crippen LogP contribution is 2.34. The van der Waals surface area contributed by atoms with Crippen molar-refractivity contribution in [2.75, 3.05) is 20.3 Å². The highest BCUT2D eigenvalue weighted by Gasteiger charge is 2.48. The Balaban J connectivity index is 3.03. The van der Waals surface area contributed by atoms with Crippen LogP contribution in [0.1, 0.15) is 20.8 Å². The highest BCUT2D eigenvalue weighted by atomic mass is 16.7. The van der Waals surface area contributed by atoms with Gasteiger partial charge in [0.05, 0.1) is 13.2 Å². The standard InChI is InChI=1S/C10H16O5/c1-5-13-7-8(14-6-2)10(3,12-4)15-9(7)11/h5-6H2,1-4H3. The van der Waals surface area contributed by atoms with Crippen LogP contribution in [0, 0.1) is 0 Å². The topological polar surface area (TPSA) is 54.0 Å². The smallest absolute Gasteiger partial charge is 0.380 e. The minimum atomic E-state index is -1.17. The third-order valence-electron chi connectivity index (χ3n) is 2.06. The Labute approximate surface area is 88.9 Å². The largest absolute Gasteiger partial charge is 0.488 e. The fourth-order valence-corrected chi connectivity index (χ4v) is 1.31. The lowest BCUT2D eigenvalue weighted by atomic mass is 10.2. The lowest BCUT2D eigenvalue weighted by Gasteiger charge is -2.23. The molecule has 1 aliphatic rings. The maximum atomic E-state index is 11.5. The van der Waals surface area contributed by atoms with Crippen LogP contribution < -0.4 is 0 Å². The average molecular weight is 216 g/mol. The Morgan fingerprint density at radius 3 is 2.33 bits per heavy atom. The molecule has 0 aromatic heterocycles. The minimum Gasteiger partial charge on any atom is -0.488 e. The van der Waals surface area contributed by atoms with Gasteiger partial charge < -0.3 is 18.9 Å². The van der Waals surface area contributed by atoms with Crippen LogP contribution in [-0.2, 0) is 23.7 Å². The molecule has 1 heterocycles. The second kappa shape index (κ2) is 4.53. The van der Waals surface area contributed by atoms with Gasteiger partial charge in [0.15, 0.2) is 0 Å². The zero-order chi connectivity index (χ0) is 11.5. The Kier molecular flexibility index (Phi) is 3.57. The lowest BCUT2D eigenvalue weighted by molar-refractivity contribution is -0.196. The molecular formula is C10H16O5. The molecule has 1 rings (SSSR count). The van der Waals surface area contributed by atoms with Crippen LogP contribution in [0.4, 0.5) is 0 Å². The van der Waals surface area contributed by atoms with Gasteiger partial charge in [-0.2, -0.15) is 0 Å². The Morgan fingerprint density at radius 2 is 1.87 bits per heavy atom. The van der Waals surface area contributed by atoms with Crippen molar-refractivity contribution < 1.29 is 23.7 Å². The van der Waals surface area contributed by atoms with Crippen LogP contribution in [0.2, 0.25) is 0 Å². The molecule has 0 aliphatic carbocycles. The first-order chi connectivity index (χ1) is 7.09. The normalized spacial score (nSPS) is 25.5. The van der Waals surface area contributed by atoms with Gasteiger partial charge in [0.25, 0.3) is 5.79 Å². The molecule has 1 atom stereocenters. The number of methoxy groups -OCH3 is 1. The van der Waals surface area contributed by atoms with Gasteiger partial charge in [-0.1, -0.05) is 0 Å². The molecule has 5 heteroatoms. The molecule has 0 fully saturated rings. The van der Waals surface area contributed by atoms with Gasteiger partial charge >= 0.3 is 5.97 Å². The molecule has 0 N–H and O–H groups in total. The van der Waals surface area contributed by atoms with E-state index in [1.165, 1.54) is 7.11 Å². The van der Waals surface area contributed by atoms with Crippen molar-refractivity contribution in [3.8, 4) is 0 Å². The van der Waals surface area contributed by atoms with Crippen molar-refractivity contribution in [1.29, 1.82) is 0 Å². The SMILES string of the molecule is CCOC1=C(OCC)C(C)(OC)OC1=O. The molecule has 15 heavy (non-hydrogen) atoms. The first kappa shape index (κ1) is 11.8. The summed E-state index contributed by atoms with van der Waals surface area (Å²) in [6.45, 7) is 6.01. The summed E-state index contributed by atoms with van der Waals surface area (Å²) in [4.78, 5) is 11.5. The fraction of sp³-hybridized carbons (Fsp3) is 0.700. The van der Waals surface area contributed by atoms with Crippen LogP contribution in [0.15, 0.2) is 11.5 Å². The van der Waals surface area contributed by atoms with E-state index in [1.807, 2.05) is 6.92 Å². The first-order valence-corrected chi connectivity index (χ1v) is 4.87. The number of cyclic esters (lactones) is 1. The molecular weight excluding hydrogens is 200 g/mol. The molecule has 0 radical (unpaired) electrons. The zero-order valence-electron chi connectivity index (χ0n) is 9.46. The van der Waals surface area contributed by atoms with Crippen molar-refractivity contribution in [1.82, 2.24) is 0 Å². The molecule has 0 spiro atoms. The Morgan fingerprint density at radius 1 is 1.27 bits per heavy atom. The van der Waals surface area contributed by atoms with Crippen LogP contribution in [0.3, 0.4) is 0 Å². The number of carbonyl (C=O) groups excluding carboxylic acids is 1. The van der Waals surface area contributed by atoms with E-state index < -0.39 is 11.8 Å². The van der Waals surface area contributed by atoms with Crippen LogP contribution >= 0.6 is 0 Å². The van der Waals surface area contributed by atoms with E-state index in [0.717, 1.165) is 0 Å².